The molecular formula is C19H27O10P. The molecule has 0 saturated carbocycles. The number of hydrogen-bond acceptors (Lipinski definition) is 8. The molecule has 0 bridgehead atoms. The maximum Gasteiger partial charge on any atom is 0.469 e. The van der Waals surface area contributed by atoms with Crippen molar-refractivity contribution < 1.29 is 48.8 Å². The number of ether oxygens (including phenoxy) is 1. The fourth-order valence-corrected chi connectivity index (χ4v) is 3.02. The van der Waals surface area contributed by atoms with Crippen LogP contribution in [0, 0.1) is 0 Å². The third-order valence-corrected chi connectivity index (χ3v) is 4.45. The lowest BCUT2D eigenvalue weighted by molar-refractivity contribution is -0.146. The first-order valence-electron chi connectivity index (χ1n) is 8.96. The molecule has 0 aliphatic carbocycles. The highest BCUT2D eigenvalue weighted by atomic mass is 31.2. The highest BCUT2D eigenvalue weighted by molar-refractivity contribution is 7.46. The molecule has 0 amide bonds. The van der Waals surface area contributed by atoms with Crippen LogP contribution >= 0.6 is 7.82 Å². The first-order chi connectivity index (χ1) is 13.9. The van der Waals surface area contributed by atoms with E-state index in [1.165, 1.54) is 37.3 Å². The average Bonchev–Trinajstić information content (AvgIpc) is 2.63. The highest BCUT2D eigenvalue weighted by Gasteiger charge is 2.37. The normalized spacial score (nSPS) is 24.7. The lowest BCUT2D eigenvalue weighted by atomic mass is 9.92. The number of carbonyl (C=O) groups is 1. The van der Waals surface area contributed by atoms with Gasteiger partial charge in [-0.3, -0.25) is 4.52 Å². The zero-order valence-corrected chi connectivity index (χ0v) is 17.2. The predicted octanol–water partition coefficient (Wildman–Crippen LogP) is 0.0259. The van der Waals surface area contributed by atoms with Crippen LogP contribution in [-0.4, -0.2) is 72.8 Å². The maximum atomic E-state index is 11.3. The molecule has 6 N–H and O–H groups in total. The number of hydrogen-bond donors (Lipinski definition) is 6. The number of phosphoric acid groups is 1. The van der Waals surface area contributed by atoms with Gasteiger partial charge in [0, 0.05) is 12.5 Å². The van der Waals surface area contributed by atoms with Crippen molar-refractivity contribution in [3.8, 4) is 0 Å². The minimum absolute atomic E-state index is 0.117. The van der Waals surface area contributed by atoms with Crippen LogP contribution in [0.2, 0.25) is 0 Å². The van der Waals surface area contributed by atoms with Crippen molar-refractivity contribution in [1.82, 2.24) is 0 Å². The summed E-state index contributed by atoms with van der Waals surface area (Å²) in [6, 6.07) is 0. The molecule has 168 valence electrons. The van der Waals surface area contributed by atoms with Crippen molar-refractivity contribution in [2.75, 3.05) is 6.61 Å². The summed E-state index contributed by atoms with van der Waals surface area (Å²) in [5, 5.41) is 39.2. The van der Waals surface area contributed by atoms with Gasteiger partial charge in [-0.15, -0.1) is 0 Å². The molecule has 0 saturated heterocycles. The van der Waals surface area contributed by atoms with Gasteiger partial charge < -0.3 is 34.9 Å². The topological polar surface area (TPSA) is 174 Å². The van der Waals surface area contributed by atoms with Crippen LogP contribution in [-0.2, 0) is 18.6 Å². The minimum Gasteiger partial charge on any atom is -0.452 e. The first kappa shape index (κ1) is 26.2. The maximum absolute atomic E-state index is 11.3. The van der Waals surface area contributed by atoms with Gasteiger partial charge in [-0.05, 0) is 19.1 Å². The van der Waals surface area contributed by atoms with E-state index in [2.05, 4.69) is 4.52 Å². The van der Waals surface area contributed by atoms with Gasteiger partial charge in [-0.1, -0.05) is 42.5 Å². The summed E-state index contributed by atoms with van der Waals surface area (Å²) in [5.74, 6) is -0.694. The Labute approximate surface area is 174 Å². The van der Waals surface area contributed by atoms with Crippen molar-refractivity contribution in [2.45, 2.75) is 43.4 Å². The molecule has 0 spiro atoms. The molecule has 0 fully saturated rings. The standard InChI is InChI=1S/C19H27O10P/c1-19(24,11-10-16-15(22)8-9-18(23)28-16)17(29-30(25,26)27)13-14(21)7-5-3-2-4-6-12-20/h2-11,14-17,20-22,24H,12-13H2,1H3,(H2,25,26,27)/b3-2-,6-4+,7-5-,11-10+. The summed E-state index contributed by atoms with van der Waals surface area (Å²) < 4.78 is 20.9. The molecule has 0 aromatic heterocycles. The monoisotopic (exact) mass is 446 g/mol. The van der Waals surface area contributed by atoms with E-state index >= 15 is 0 Å². The predicted molar refractivity (Wildman–Crippen MR) is 107 cm³/mol. The Hall–Kier alpha value is -1.88. The molecule has 0 aromatic rings. The van der Waals surface area contributed by atoms with E-state index in [9.17, 15) is 24.7 Å². The lowest BCUT2D eigenvalue weighted by Gasteiger charge is -2.32. The van der Waals surface area contributed by atoms with Gasteiger partial charge in [-0.2, -0.15) is 0 Å². The Morgan fingerprint density at radius 2 is 1.97 bits per heavy atom. The molecule has 1 rings (SSSR count). The molecular weight excluding hydrogens is 419 g/mol. The molecule has 1 aliphatic heterocycles. The molecule has 1 heterocycles. The number of cyclic esters (lactones) is 1. The van der Waals surface area contributed by atoms with E-state index in [1.807, 2.05) is 0 Å². The SMILES string of the molecule is CC(O)(/C=C/C1OC(=O)C=CC1O)C(CC(O)\C=C/C=C\C=C\CO)OP(=O)(O)O. The number of carbonyl (C=O) groups excluding carboxylic acids is 1. The van der Waals surface area contributed by atoms with Crippen molar-refractivity contribution >= 4 is 13.8 Å². The lowest BCUT2D eigenvalue weighted by Crippen LogP contribution is -2.41. The molecule has 0 aromatic carbocycles. The Kier molecular flexibility index (Phi) is 10.5. The van der Waals surface area contributed by atoms with Crippen LogP contribution in [0.3, 0.4) is 0 Å². The Balaban J connectivity index is 2.90. The van der Waals surface area contributed by atoms with Crippen molar-refractivity contribution in [3.05, 3.63) is 60.8 Å². The van der Waals surface area contributed by atoms with Gasteiger partial charge >= 0.3 is 13.8 Å². The van der Waals surface area contributed by atoms with Crippen molar-refractivity contribution in [2.24, 2.45) is 0 Å². The zero-order chi connectivity index (χ0) is 22.8. The Bertz CT molecular complexity index is 746. The molecule has 1 aliphatic rings. The van der Waals surface area contributed by atoms with Crippen LogP contribution in [0.5, 0.6) is 0 Å². The Morgan fingerprint density at radius 3 is 2.60 bits per heavy atom. The molecule has 11 heteroatoms. The zero-order valence-electron chi connectivity index (χ0n) is 16.3. The van der Waals surface area contributed by atoms with E-state index in [0.717, 1.165) is 12.2 Å². The summed E-state index contributed by atoms with van der Waals surface area (Å²) in [7, 11) is -5.02. The van der Waals surface area contributed by atoms with E-state index in [-0.39, 0.29) is 13.0 Å². The molecule has 0 radical (unpaired) electrons. The molecule has 5 unspecified atom stereocenters. The van der Waals surface area contributed by atoms with Crippen LogP contribution in [0.25, 0.3) is 0 Å². The summed E-state index contributed by atoms with van der Waals surface area (Å²) in [6.07, 6.45) is 8.07. The van der Waals surface area contributed by atoms with Crippen LogP contribution in [0.15, 0.2) is 60.8 Å². The summed E-state index contributed by atoms with van der Waals surface area (Å²) in [5.41, 5.74) is -2.00. The third-order valence-electron chi connectivity index (χ3n) is 3.92. The van der Waals surface area contributed by atoms with Crippen molar-refractivity contribution in [1.29, 1.82) is 0 Å². The van der Waals surface area contributed by atoms with E-state index in [1.54, 1.807) is 18.2 Å². The van der Waals surface area contributed by atoms with E-state index < -0.39 is 43.8 Å². The molecule has 5 atom stereocenters. The molecule has 30 heavy (non-hydrogen) atoms. The van der Waals surface area contributed by atoms with Crippen LogP contribution in [0.1, 0.15) is 13.3 Å². The van der Waals surface area contributed by atoms with Gasteiger partial charge in [0.25, 0.3) is 0 Å². The number of rotatable bonds is 11. The fraction of sp³-hybridized carbons (Fsp3) is 0.421. The second-order valence-corrected chi connectivity index (χ2v) is 7.80. The van der Waals surface area contributed by atoms with E-state index in [0.29, 0.717) is 0 Å². The van der Waals surface area contributed by atoms with Gasteiger partial charge in [0.05, 0.1) is 12.7 Å². The van der Waals surface area contributed by atoms with Gasteiger partial charge in [0.1, 0.15) is 23.9 Å². The number of esters is 1. The van der Waals surface area contributed by atoms with E-state index in [4.69, 9.17) is 19.6 Å². The quantitative estimate of drug-likeness (QED) is 0.110. The number of aliphatic hydroxyl groups excluding tert-OH is 3. The third kappa shape index (κ3) is 10.2. The summed E-state index contributed by atoms with van der Waals surface area (Å²) in [6.45, 7) is 1.07. The van der Waals surface area contributed by atoms with Gasteiger partial charge in [0.2, 0.25) is 0 Å². The van der Waals surface area contributed by atoms with Crippen LogP contribution < -0.4 is 0 Å². The average molecular weight is 446 g/mol. The second kappa shape index (κ2) is 12.1. The van der Waals surface area contributed by atoms with Crippen molar-refractivity contribution in [3.63, 3.8) is 0 Å². The smallest absolute Gasteiger partial charge is 0.452 e. The van der Waals surface area contributed by atoms with Crippen LogP contribution in [0.4, 0.5) is 0 Å². The fourth-order valence-electron chi connectivity index (χ4n) is 2.39. The molecule has 10 nitrogen and oxygen atoms in total. The van der Waals surface area contributed by atoms with Gasteiger partial charge in [0.15, 0.2) is 0 Å². The number of phosphoric ester groups is 1. The second-order valence-electron chi connectivity index (χ2n) is 6.60. The largest absolute Gasteiger partial charge is 0.469 e. The minimum atomic E-state index is -5.02. The summed E-state index contributed by atoms with van der Waals surface area (Å²) in [4.78, 5) is 29.6. The summed E-state index contributed by atoms with van der Waals surface area (Å²) >= 11 is 0. The number of allylic oxidation sites excluding steroid dienone is 4. The van der Waals surface area contributed by atoms with Gasteiger partial charge in [-0.25, -0.2) is 9.36 Å². The highest BCUT2D eigenvalue weighted by Crippen LogP contribution is 2.41. The number of aliphatic hydroxyl groups is 4. The first-order valence-corrected chi connectivity index (χ1v) is 10.5. The Morgan fingerprint density at radius 1 is 1.30 bits per heavy atom.